The molecule has 102 valence electrons. The molecule has 1 heterocycles. The molecule has 0 aliphatic rings. The molecule has 2 aromatic carbocycles. The van der Waals surface area contributed by atoms with Gasteiger partial charge in [-0.3, -0.25) is 0 Å². The van der Waals surface area contributed by atoms with E-state index < -0.39 is 0 Å². The highest BCUT2D eigenvalue weighted by atomic mass is 35.5. The van der Waals surface area contributed by atoms with Crippen molar-refractivity contribution in [3.63, 3.8) is 0 Å². The van der Waals surface area contributed by atoms with Gasteiger partial charge in [-0.2, -0.15) is 0 Å². The van der Waals surface area contributed by atoms with E-state index in [0.29, 0.717) is 0 Å². The number of halogens is 1. The molecule has 3 heteroatoms. The van der Waals surface area contributed by atoms with E-state index in [1.54, 1.807) is 7.11 Å². The second-order valence-corrected chi connectivity index (χ2v) is 5.32. The summed E-state index contributed by atoms with van der Waals surface area (Å²) in [7, 11) is 1.71. The number of aryl methyl sites for hydroxylation is 1. The predicted octanol–water partition coefficient (Wildman–Crippen LogP) is 4.66. The maximum Gasteiger partial charge on any atom is 0.123 e. The Morgan fingerprint density at radius 2 is 1.90 bits per heavy atom. The summed E-state index contributed by atoms with van der Waals surface area (Å²) in [4.78, 5) is 0. The molecule has 20 heavy (non-hydrogen) atoms. The molecule has 1 aromatic heterocycles. The highest BCUT2D eigenvalue weighted by Crippen LogP contribution is 2.26. The Kier molecular flexibility index (Phi) is 3.41. The molecule has 0 aliphatic heterocycles. The lowest BCUT2D eigenvalue weighted by molar-refractivity contribution is 0.408. The average Bonchev–Trinajstić information content (AvgIpc) is 2.75. The molecule has 0 spiro atoms. The fourth-order valence-electron chi connectivity index (χ4n) is 2.59. The number of fused-ring (bicyclic) bond motifs is 1. The highest BCUT2D eigenvalue weighted by Gasteiger charge is 2.09. The Balaban J connectivity index is 2.08. The van der Waals surface area contributed by atoms with Crippen molar-refractivity contribution in [1.29, 1.82) is 0 Å². The lowest BCUT2D eigenvalue weighted by atomic mass is 10.2. The number of hydrogen-bond donors (Lipinski definition) is 0. The zero-order valence-corrected chi connectivity index (χ0v) is 12.3. The molecule has 0 unspecified atom stereocenters. The van der Waals surface area contributed by atoms with E-state index in [1.165, 1.54) is 22.2 Å². The van der Waals surface area contributed by atoms with Crippen molar-refractivity contribution in [2.75, 3.05) is 7.11 Å². The minimum absolute atomic E-state index is 0.770. The number of rotatable bonds is 3. The number of ether oxygens (including phenoxy) is 1. The van der Waals surface area contributed by atoms with E-state index in [9.17, 15) is 0 Å². The second kappa shape index (κ2) is 5.22. The van der Waals surface area contributed by atoms with Crippen LogP contribution in [0.3, 0.4) is 0 Å². The Bertz CT molecular complexity index is 761. The van der Waals surface area contributed by atoms with Gasteiger partial charge in [0.2, 0.25) is 0 Å². The number of hydrogen-bond acceptors (Lipinski definition) is 1. The second-order valence-electron chi connectivity index (χ2n) is 4.89. The molecule has 0 atom stereocenters. The smallest absolute Gasteiger partial charge is 0.123 e. The monoisotopic (exact) mass is 285 g/mol. The number of aromatic nitrogens is 1. The SMILES string of the molecule is COc1ccccc1Cn1c(C)cc2cc(Cl)ccc21. The summed E-state index contributed by atoms with van der Waals surface area (Å²) in [5.74, 6) is 0.919. The van der Waals surface area contributed by atoms with Gasteiger partial charge in [0.25, 0.3) is 0 Å². The molecule has 3 aromatic rings. The topological polar surface area (TPSA) is 14.2 Å². The Morgan fingerprint density at radius 1 is 1.10 bits per heavy atom. The first-order valence-corrected chi connectivity index (χ1v) is 6.94. The number of nitrogens with zero attached hydrogens (tertiary/aromatic N) is 1. The highest BCUT2D eigenvalue weighted by molar-refractivity contribution is 6.31. The fraction of sp³-hybridized carbons (Fsp3) is 0.176. The van der Waals surface area contributed by atoms with Crippen molar-refractivity contribution in [1.82, 2.24) is 4.57 Å². The van der Waals surface area contributed by atoms with Crippen molar-refractivity contribution in [3.05, 3.63) is 64.8 Å². The standard InChI is InChI=1S/C17H16ClNO/c1-12-9-14-10-15(18)7-8-16(14)19(12)11-13-5-3-4-6-17(13)20-2/h3-10H,11H2,1-2H3. The van der Waals surface area contributed by atoms with Gasteiger partial charge in [0.15, 0.2) is 0 Å². The number of benzene rings is 2. The van der Waals surface area contributed by atoms with Gasteiger partial charge in [0.1, 0.15) is 5.75 Å². The molecule has 0 radical (unpaired) electrons. The van der Waals surface area contributed by atoms with Gasteiger partial charge >= 0.3 is 0 Å². The zero-order chi connectivity index (χ0) is 14.1. The van der Waals surface area contributed by atoms with Gasteiger partial charge in [-0.15, -0.1) is 0 Å². The van der Waals surface area contributed by atoms with Crippen LogP contribution in [0, 0.1) is 6.92 Å². The van der Waals surface area contributed by atoms with Crippen LogP contribution < -0.4 is 4.74 Å². The van der Waals surface area contributed by atoms with Gasteiger partial charge < -0.3 is 9.30 Å². The summed E-state index contributed by atoms with van der Waals surface area (Å²) in [6, 6.07) is 16.3. The Hall–Kier alpha value is -1.93. The third-order valence-electron chi connectivity index (χ3n) is 3.59. The lowest BCUT2D eigenvalue weighted by Crippen LogP contribution is -2.03. The Morgan fingerprint density at radius 3 is 2.70 bits per heavy atom. The summed E-state index contributed by atoms with van der Waals surface area (Å²) < 4.78 is 7.71. The van der Waals surface area contributed by atoms with Crippen molar-refractivity contribution < 1.29 is 4.74 Å². The van der Waals surface area contributed by atoms with Gasteiger partial charge in [-0.05, 0) is 37.3 Å². The largest absolute Gasteiger partial charge is 0.496 e. The zero-order valence-electron chi connectivity index (χ0n) is 11.6. The minimum atomic E-state index is 0.770. The van der Waals surface area contributed by atoms with E-state index in [2.05, 4.69) is 29.7 Å². The molecule has 0 saturated heterocycles. The summed E-state index contributed by atoms with van der Waals surface area (Å²) >= 11 is 6.06. The Labute approximate surface area is 123 Å². The van der Waals surface area contributed by atoms with E-state index in [4.69, 9.17) is 16.3 Å². The van der Waals surface area contributed by atoms with Crippen LogP contribution in [0.4, 0.5) is 0 Å². The van der Waals surface area contributed by atoms with Gasteiger partial charge in [0, 0.05) is 27.2 Å². The van der Waals surface area contributed by atoms with Crippen molar-refractivity contribution in [2.24, 2.45) is 0 Å². The minimum Gasteiger partial charge on any atom is -0.496 e. The first-order chi connectivity index (χ1) is 9.69. The third kappa shape index (κ3) is 2.27. The summed E-state index contributed by atoms with van der Waals surface area (Å²) in [5.41, 5.74) is 3.58. The number of methoxy groups -OCH3 is 1. The molecule has 0 bridgehead atoms. The maximum absolute atomic E-state index is 6.06. The third-order valence-corrected chi connectivity index (χ3v) is 3.83. The quantitative estimate of drug-likeness (QED) is 0.683. The van der Waals surface area contributed by atoms with Gasteiger partial charge in [-0.25, -0.2) is 0 Å². The molecule has 0 fully saturated rings. The molecule has 0 saturated carbocycles. The van der Waals surface area contributed by atoms with Crippen molar-refractivity contribution in [3.8, 4) is 5.75 Å². The summed E-state index contributed by atoms with van der Waals surface area (Å²) in [6.45, 7) is 2.91. The first-order valence-electron chi connectivity index (χ1n) is 6.56. The van der Waals surface area contributed by atoms with Crippen molar-refractivity contribution in [2.45, 2.75) is 13.5 Å². The van der Waals surface area contributed by atoms with Crippen LogP contribution in [-0.2, 0) is 6.54 Å². The molecule has 0 N–H and O–H groups in total. The van der Waals surface area contributed by atoms with E-state index in [1.807, 2.05) is 30.3 Å². The van der Waals surface area contributed by atoms with Crippen molar-refractivity contribution >= 4 is 22.5 Å². The molecule has 0 aliphatic carbocycles. The maximum atomic E-state index is 6.06. The predicted molar refractivity (Wildman–Crippen MR) is 83.8 cm³/mol. The van der Waals surface area contributed by atoms with Gasteiger partial charge in [-0.1, -0.05) is 29.8 Å². The number of para-hydroxylation sites is 1. The lowest BCUT2D eigenvalue weighted by Gasteiger charge is -2.12. The van der Waals surface area contributed by atoms with Crippen LogP contribution in [-0.4, -0.2) is 11.7 Å². The van der Waals surface area contributed by atoms with Crippen LogP contribution in [0.5, 0.6) is 5.75 Å². The average molecular weight is 286 g/mol. The summed E-state index contributed by atoms with van der Waals surface area (Å²) in [5, 5.41) is 1.94. The van der Waals surface area contributed by atoms with Crippen LogP contribution in [0.25, 0.3) is 10.9 Å². The molecule has 2 nitrogen and oxygen atoms in total. The van der Waals surface area contributed by atoms with Crippen LogP contribution in [0.1, 0.15) is 11.3 Å². The van der Waals surface area contributed by atoms with Crippen LogP contribution >= 0.6 is 11.6 Å². The fourth-order valence-corrected chi connectivity index (χ4v) is 2.77. The molecule has 0 amide bonds. The molecular formula is C17H16ClNO. The van der Waals surface area contributed by atoms with E-state index in [0.717, 1.165) is 17.3 Å². The van der Waals surface area contributed by atoms with Crippen LogP contribution in [0.15, 0.2) is 48.5 Å². The molecular weight excluding hydrogens is 270 g/mol. The van der Waals surface area contributed by atoms with Crippen LogP contribution in [0.2, 0.25) is 5.02 Å². The van der Waals surface area contributed by atoms with E-state index in [-0.39, 0.29) is 0 Å². The first kappa shape index (κ1) is 13.1. The summed E-state index contributed by atoms with van der Waals surface area (Å²) in [6.07, 6.45) is 0. The normalized spacial score (nSPS) is 10.9. The van der Waals surface area contributed by atoms with E-state index >= 15 is 0 Å². The van der Waals surface area contributed by atoms with Gasteiger partial charge in [0.05, 0.1) is 13.7 Å². The molecule has 3 rings (SSSR count).